The molecule has 64 valence electrons. The van der Waals surface area contributed by atoms with Crippen molar-refractivity contribution in [2.45, 2.75) is 30.9 Å². The van der Waals surface area contributed by atoms with Crippen LogP contribution in [0, 0.1) is 11.8 Å². The van der Waals surface area contributed by atoms with Gasteiger partial charge < -0.3 is 0 Å². The van der Waals surface area contributed by atoms with E-state index in [0.717, 1.165) is 17.1 Å². The van der Waals surface area contributed by atoms with Crippen LogP contribution in [0.2, 0.25) is 0 Å². The number of rotatable bonds is 2. The maximum atomic E-state index is 5.16. The standard InChI is InChI=1S/C7H13PS3/c9-8(10)11-7-4-5-1-2-6(7)3-5/h5-8H,1-4H2,(H,9,10). The summed E-state index contributed by atoms with van der Waals surface area (Å²) in [5.74, 6) is 2.07. The van der Waals surface area contributed by atoms with Crippen LogP contribution < -0.4 is 0 Å². The van der Waals surface area contributed by atoms with Gasteiger partial charge in [-0.1, -0.05) is 18.2 Å². The maximum absolute atomic E-state index is 5.16. The third-order valence-electron chi connectivity index (χ3n) is 2.93. The molecule has 2 rings (SSSR count). The largest absolute Gasteiger partial charge is 0.134 e. The second-order valence-electron chi connectivity index (χ2n) is 3.60. The van der Waals surface area contributed by atoms with E-state index in [2.05, 4.69) is 12.2 Å². The molecule has 0 aliphatic heterocycles. The summed E-state index contributed by atoms with van der Waals surface area (Å²) in [6.07, 6.45) is 5.91. The van der Waals surface area contributed by atoms with Crippen LogP contribution in [0.5, 0.6) is 0 Å². The molecule has 4 atom stereocenters. The fourth-order valence-electron chi connectivity index (χ4n) is 2.46. The average Bonchev–Trinajstić information content (AvgIpc) is 2.45. The van der Waals surface area contributed by atoms with Gasteiger partial charge in [0.05, 0.1) is 0 Å². The number of hydrogen-bond donors (Lipinski definition) is 1. The van der Waals surface area contributed by atoms with Gasteiger partial charge in [0, 0.05) is 10.4 Å². The molecule has 0 aromatic heterocycles. The molecule has 0 spiro atoms. The first-order valence-electron chi connectivity index (χ1n) is 4.15. The Morgan fingerprint density at radius 2 is 2.18 bits per heavy atom. The molecule has 2 saturated carbocycles. The van der Waals surface area contributed by atoms with E-state index in [1.807, 2.05) is 11.4 Å². The van der Waals surface area contributed by atoms with Crippen molar-refractivity contribution in [1.29, 1.82) is 0 Å². The van der Waals surface area contributed by atoms with Gasteiger partial charge in [0.2, 0.25) is 0 Å². The predicted molar refractivity (Wildman–Crippen MR) is 61.5 cm³/mol. The molecule has 0 aromatic rings. The van der Waals surface area contributed by atoms with Gasteiger partial charge in [0.25, 0.3) is 0 Å². The second kappa shape index (κ2) is 3.61. The fourth-order valence-corrected chi connectivity index (χ4v) is 7.50. The summed E-state index contributed by atoms with van der Waals surface area (Å²) in [4.78, 5) is 0. The van der Waals surface area contributed by atoms with E-state index in [9.17, 15) is 0 Å². The molecule has 0 N–H and O–H groups in total. The van der Waals surface area contributed by atoms with Gasteiger partial charge in [-0.05, 0) is 31.1 Å². The highest BCUT2D eigenvalue weighted by atomic mass is 33.2. The molecule has 0 radical (unpaired) electrons. The lowest BCUT2D eigenvalue weighted by atomic mass is 10.0. The number of thiol groups is 1. The first-order valence-corrected chi connectivity index (χ1v) is 9.68. The highest BCUT2D eigenvalue weighted by Gasteiger charge is 2.39. The number of hydrogen-bond acceptors (Lipinski definition) is 2. The summed E-state index contributed by atoms with van der Waals surface area (Å²) >= 11 is 11.5. The highest BCUT2D eigenvalue weighted by molar-refractivity contribution is 8.90. The minimum absolute atomic E-state index is 0.745. The van der Waals surface area contributed by atoms with E-state index in [-0.39, 0.29) is 0 Å². The average molecular weight is 224 g/mol. The summed E-state index contributed by atoms with van der Waals surface area (Å²) in [5.41, 5.74) is 0. The van der Waals surface area contributed by atoms with E-state index in [1.165, 1.54) is 25.7 Å². The first-order chi connectivity index (χ1) is 5.25. The van der Waals surface area contributed by atoms with Crippen molar-refractivity contribution in [3.05, 3.63) is 0 Å². The monoisotopic (exact) mass is 224 g/mol. The molecule has 4 heteroatoms. The molecule has 0 saturated heterocycles. The van der Waals surface area contributed by atoms with Gasteiger partial charge in [-0.3, -0.25) is 0 Å². The molecule has 4 unspecified atom stereocenters. The smallest absolute Gasteiger partial charge is 0.0425 e. The van der Waals surface area contributed by atoms with E-state index in [1.54, 1.807) is 0 Å². The van der Waals surface area contributed by atoms with Crippen LogP contribution >= 0.6 is 28.7 Å². The minimum Gasteiger partial charge on any atom is -0.134 e. The normalized spacial score (nSPS) is 44.6. The van der Waals surface area contributed by atoms with Gasteiger partial charge in [0.15, 0.2) is 0 Å². The van der Waals surface area contributed by atoms with Crippen LogP contribution in [0.4, 0.5) is 0 Å². The molecule has 0 heterocycles. The quantitative estimate of drug-likeness (QED) is 0.564. The van der Waals surface area contributed by atoms with Crippen molar-refractivity contribution < 1.29 is 0 Å². The molecular weight excluding hydrogens is 211 g/mol. The minimum atomic E-state index is -0.745. The summed E-state index contributed by atoms with van der Waals surface area (Å²) < 4.78 is 0. The second-order valence-corrected chi connectivity index (χ2v) is 12.1. The molecule has 2 bridgehead atoms. The summed E-state index contributed by atoms with van der Waals surface area (Å²) in [6, 6.07) is 0. The molecule has 0 nitrogen and oxygen atoms in total. The first kappa shape index (κ1) is 8.93. The molecule has 2 aliphatic rings. The van der Waals surface area contributed by atoms with Crippen LogP contribution in [-0.4, -0.2) is 5.25 Å². The zero-order valence-electron chi connectivity index (χ0n) is 6.32. The zero-order valence-corrected chi connectivity index (χ0v) is 9.85. The molecular formula is C7H13PS3. The molecule has 0 amide bonds. The van der Waals surface area contributed by atoms with Gasteiger partial charge in [-0.15, -0.1) is 23.6 Å². The van der Waals surface area contributed by atoms with E-state index in [0.29, 0.717) is 0 Å². The van der Waals surface area contributed by atoms with E-state index in [4.69, 9.17) is 11.8 Å². The summed E-state index contributed by atoms with van der Waals surface area (Å²) in [6.45, 7) is 0. The van der Waals surface area contributed by atoms with Gasteiger partial charge in [-0.25, -0.2) is 0 Å². The summed E-state index contributed by atoms with van der Waals surface area (Å²) in [5, 5.41) is 0.156. The van der Waals surface area contributed by atoms with Crippen LogP contribution in [-0.2, 0) is 11.8 Å². The fraction of sp³-hybridized carbons (Fsp3) is 1.00. The lowest BCUT2D eigenvalue weighted by Crippen LogP contribution is -2.10. The van der Waals surface area contributed by atoms with Gasteiger partial charge in [0.1, 0.15) is 0 Å². The maximum Gasteiger partial charge on any atom is 0.0425 e. The van der Waals surface area contributed by atoms with Gasteiger partial charge in [-0.2, -0.15) is 0 Å². The van der Waals surface area contributed by atoms with E-state index < -0.39 is 5.10 Å². The molecule has 11 heavy (non-hydrogen) atoms. The highest BCUT2D eigenvalue weighted by Crippen LogP contribution is 2.57. The van der Waals surface area contributed by atoms with Crippen molar-refractivity contribution in [1.82, 2.24) is 0 Å². The van der Waals surface area contributed by atoms with Crippen LogP contribution in [0.15, 0.2) is 0 Å². The SMILES string of the molecule is S=[PH](S)SC1CC2CCC1C2. The Bertz CT molecular complexity index is 183. The predicted octanol–water partition coefficient (Wildman–Crippen LogP) is 3.34. The number of fused-ring (bicyclic) bond motifs is 2. The third-order valence-corrected chi connectivity index (χ3v) is 7.33. The Labute approximate surface area is 83.2 Å². The van der Waals surface area contributed by atoms with Crippen molar-refractivity contribution in [2.75, 3.05) is 0 Å². The van der Waals surface area contributed by atoms with Crippen molar-refractivity contribution in [3.8, 4) is 0 Å². The molecule has 2 fully saturated rings. The topological polar surface area (TPSA) is 0 Å². The van der Waals surface area contributed by atoms with Crippen LogP contribution in [0.25, 0.3) is 0 Å². The van der Waals surface area contributed by atoms with Crippen LogP contribution in [0.1, 0.15) is 25.7 Å². The third kappa shape index (κ3) is 1.99. The molecule has 0 aromatic carbocycles. The lowest BCUT2D eigenvalue weighted by molar-refractivity contribution is 0.493. The zero-order chi connectivity index (χ0) is 7.84. The van der Waals surface area contributed by atoms with Crippen molar-refractivity contribution in [3.63, 3.8) is 0 Å². The van der Waals surface area contributed by atoms with E-state index >= 15 is 0 Å². The van der Waals surface area contributed by atoms with Crippen LogP contribution in [0.3, 0.4) is 0 Å². The Balaban J connectivity index is 1.92. The Hall–Kier alpha value is 1.35. The Kier molecular flexibility index (Phi) is 2.93. The summed E-state index contributed by atoms with van der Waals surface area (Å²) in [7, 11) is 0. The lowest BCUT2D eigenvalue weighted by Gasteiger charge is -2.20. The Morgan fingerprint density at radius 1 is 1.36 bits per heavy atom. The van der Waals surface area contributed by atoms with Crippen molar-refractivity contribution >= 4 is 40.5 Å². The van der Waals surface area contributed by atoms with Gasteiger partial charge >= 0.3 is 0 Å². The Morgan fingerprint density at radius 3 is 2.64 bits per heavy atom. The van der Waals surface area contributed by atoms with Crippen molar-refractivity contribution in [2.24, 2.45) is 11.8 Å². The molecule has 2 aliphatic carbocycles.